The first-order chi connectivity index (χ1) is 56.8. The maximum absolute atomic E-state index is 12.5. The minimum atomic E-state index is -1.08. The molecule has 0 saturated carbocycles. The molecular formula is C70H88N8O41. The van der Waals surface area contributed by atoms with Crippen LogP contribution in [0.15, 0.2) is 109 Å². The van der Waals surface area contributed by atoms with Gasteiger partial charge in [0.25, 0.3) is 20.3 Å². The van der Waals surface area contributed by atoms with Gasteiger partial charge in [0.1, 0.15) is 49.2 Å². The van der Waals surface area contributed by atoms with Crippen molar-refractivity contribution in [1.29, 1.82) is 0 Å². The van der Waals surface area contributed by atoms with Crippen LogP contribution in [0.2, 0.25) is 0 Å². The van der Waals surface area contributed by atoms with E-state index < -0.39 is 122 Å². The van der Waals surface area contributed by atoms with Crippen LogP contribution in [-0.2, 0) is 116 Å². The topological polar surface area (TPSA) is 633 Å². The number of nitrogens with one attached hydrogen (secondary N) is 2. The molecule has 6 aromatic rings. The van der Waals surface area contributed by atoms with Gasteiger partial charge in [0.05, 0.1) is 39.6 Å². The molecule has 2 fully saturated rings. The van der Waals surface area contributed by atoms with Gasteiger partial charge in [-0.25, -0.2) is 57.5 Å². The Morgan fingerprint density at radius 1 is 0.471 bits per heavy atom. The third-order valence-corrected chi connectivity index (χ3v) is 16.4. The molecule has 49 heteroatoms. The van der Waals surface area contributed by atoms with Crippen LogP contribution in [0.4, 0.5) is 19.2 Å². The quantitative estimate of drug-likeness (QED) is 0.0134. The molecule has 6 heterocycles. The summed E-state index contributed by atoms with van der Waals surface area (Å²) in [4.78, 5) is 201. The van der Waals surface area contributed by atoms with Gasteiger partial charge >= 0.3 is 71.5 Å². The minimum Gasteiger partial charge on any atom is -0.456 e. The molecule has 0 bridgehead atoms. The number of nitrogens with zero attached hydrogens (tertiary/aromatic N) is 6. The predicted octanol–water partition coefficient (Wildman–Crippen LogP) is 6.57. The number of esters is 4. The van der Waals surface area contributed by atoms with Crippen LogP contribution in [0.25, 0.3) is 0 Å². The fraction of sp³-hybridized carbons (Fsp3) is 0.543. The van der Waals surface area contributed by atoms with E-state index >= 15 is 0 Å². The van der Waals surface area contributed by atoms with Gasteiger partial charge in [0, 0.05) is 19.5 Å². The van der Waals surface area contributed by atoms with Crippen molar-refractivity contribution in [1.82, 2.24) is 20.4 Å². The summed E-state index contributed by atoms with van der Waals surface area (Å²) in [5.41, 5.74) is 1.64. The van der Waals surface area contributed by atoms with E-state index in [0.29, 0.717) is 90.1 Å². The second kappa shape index (κ2) is 51.2. The third kappa shape index (κ3) is 36.7. The Morgan fingerprint density at radius 3 is 1.36 bits per heavy atom. The zero-order valence-corrected chi connectivity index (χ0v) is 65.1. The number of carbonyl (C=O) groups excluding carboxylic acids is 8. The van der Waals surface area contributed by atoms with Gasteiger partial charge < -0.3 is 108 Å². The number of hydrogen-bond acceptors (Lipinski definition) is 41. The smallest absolute Gasteiger partial charge is 0.456 e. The molecule has 49 nitrogen and oxygen atoms in total. The van der Waals surface area contributed by atoms with Crippen molar-refractivity contribution in [3.05, 3.63) is 195 Å². The highest BCUT2D eigenvalue weighted by atomic mass is 17.0. The van der Waals surface area contributed by atoms with Crippen molar-refractivity contribution in [3.8, 4) is 5.75 Å². The number of rotatable bonds is 43. The monoisotopic (exact) mass is 1700 g/mol. The molecule has 2 N–H and O–H groups in total. The number of alkyl carbamates (subject to hydrolysis) is 1. The lowest BCUT2D eigenvalue weighted by Gasteiger charge is -2.22. The Balaban J connectivity index is 0.000000283. The Hall–Kier alpha value is -13.8. The maximum Gasteiger partial charge on any atom is 0.519 e. The van der Waals surface area contributed by atoms with Gasteiger partial charge in [0.15, 0.2) is 72.5 Å². The number of carbonyl (C=O) groups is 8. The van der Waals surface area contributed by atoms with Gasteiger partial charge in [-0.3, -0.25) is 9.80 Å². The van der Waals surface area contributed by atoms with Crippen LogP contribution in [0, 0.1) is 68.2 Å². The lowest BCUT2D eigenvalue weighted by Crippen LogP contribution is -2.43. The van der Waals surface area contributed by atoms with E-state index in [1.807, 2.05) is 0 Å². The number of benzene rings is 2. The highest BCUT2D eigenvalue weighted by molar-refractivity contribution is 5.84. The lowest BCUT2D eigenvalue weighted by atomic mass is 10.1. The van der Waals surface area contributed by atoms with E-state index in [1.54, 1.807) is 61.5 Å². The van der Waals surface area contributed by atoms with Crippen LogP contribution in [0.1, 0.15) is 142 Å². The van der Waals surface area contributed by atoms with Gasteiger partial charge in [-0.1, -0.05) is 49.4 Å². The lowest BCUT2D eigenvalue weighted by molar-refractivity contribution is -0.768. The molecule has 8 rings (SSSR count). The normalized spacial score (nSPS) is 13.9. The standard InChI is InChI=1S/C19H22N2O11.C18H20N2O10.C18H26N2O10.C15H20N2O10/c1-13-16(32-19(24)31-13)12-29-17(22)15(11-14-5-3-2-4-6-14)20-18(23)28-9-7-27-8-10-30-21(25)26;1-11(16(21)26-10-15-12(2)28-18(23)30-15)19-17(22)29-14-7-5-13(6-8-14)4-3-9-27-20(24)25;1-3-13(30-20(24)25)7-4-5-10-26-17(22)19-9-6-8-14(19)16(21)27-11-15-12(2)28-18(23)29-15;1-10-12(27-15(20)26-10)9-24-13(18)11-5-4-6-16(11)14(19)23-7-2-3-8-25-17(21)22/h2-6,15H,7-12H2,1H3,(H,20,23);5-8,11H,3-4,9-10H2,1-2H3,(H,19,22);13-14H,3-11H2,1-2H3;11H,2-9H2,1H3. The van der Waals surface area contributed by atoms with Gasteiger partial charge in [0.2, 0.25) is 0 Å². The Kier molecular flexibility index (Phi) is 41.2. The van der Waals surface area contributed by atoms with Crippen LogP contribution < -0.4 is 38.7 Å². The van der Waals surface area contributed by atoms with Crippen molar-refractivity contribution in [3.63, 3.8) is 0 Å². The summed E-state index contributed by atoms with van der Waals surface area (Å²) in [6.07, 6.45) is 2.62. The van der Waals surface area contributed by atoms with Crippen LogP contribution in [-0.4, -0.2) is 175 Å². The molecule has 2 saturated heterocycles. The number of aryl methyl sites for hydroxylation is 5. The van der Waals surface area contributed by atoms with Gasteiger partial charge in [-0.15, -0.1) is 40.5 Å². The summed E-state index contributed by atoms with van der Waals surface area (Å²) in [6, 6.07) is 11.8. The highest BCUT2D eigenvalue weighted by Crippen LogP contribution is 2.24. The molecule has 119 heavy (non-hydrogen) atoms. The van der Waals surface area contributed by atoms with Crippen molar-refractivity contribution in [2.24, 2.45) is 0 Å². The fourth-order valence-corrected chi connectivity index (χ4v) is 10.4. The molecule has 2 aliphatic rings. The van der Waals surface area contributed by atoms with Crippen LogP contribution in [0.5, 0.6) is 5.75 Å². The zero-order chi connectivity index (χ0) is 87.3. The molecule has 5 atom stereocenters. The van der Waals surface area contributed by atoms with Crippen molar-refractivity contribution in [2.75, 3.05) is 65.9 Å². The molecule has 654 valence electrons. The van der Waals surface area contributed by atoms with Gasteiger partial charge in [-0.05, 0) is 135 Å². The second-order valence-electron chi connectivity index (χ2n) is 25.0. The molecule has 0 radical (unpaired) electrons. The van der Waals surface area contributed by atoms with Crippen LogP contribution >= 0.6 is 0 Å². The zero-order valence-electron chi connectivity index (χ0n) is 65.1. The molecule has 4 amide bonds. The first kappa shape index (κ1) is 95.8. The van der Waals surface area contributed by atoms with Crippen molar-refractivity contribution < 1.29 is 156 Å². The summed E-state index contributed by atoms with van der Waals surface area (Å²) < 4.78 is 83.4. The average molecular weight is 1700 g/mol. The number of amides is 4. The summed E-state index contributed by atoms with van der Waals surface area (Å²) in [7, 11) is 0. The summed E-state index contributed by atoms with van der Waals surface area (Å²) in [5.74, 6) is -4.93. The first-order valence-electron chi connectivity index (χ1n) is 36.5. The SMILES string of the molecule is CCC(CCCCOC(=O)N1CCCC1C(=O)OCc1oc(=O)oc1C)O[N+](=O)[O-].Cc1oc(=O)oc1COC(=O)C(C)NC(=O)Oc1ccc(CCCO[N+](=O)[O-])cc1.Cc1oc(=O)oc1COC(=O)C(Cc1ccccc1)NC(=O)OCCOCCO[N+](=O)[O-].Cc1oc(=O)oc1COC(=O)C1CCCN1C(=O)OCCCCO[N+](=O)[O-]. The third-order valence-electron chi connectivity index (χ3n) is 16.4. The highest BCUT2D eigenvalue weighted by Gasteiger charge is 2.38. The fourth-order valence-electron chi connectivity index (χ4n) is 10.4. The minimum absolute atomic E-state index is 0.00600. The largest absolute Gasteiger partial charge is 0.519 e. The van der Waals surface area contributed by atoms with Gasteiger partial charge in [-0.2, -0.15) is 0 Å². The number of ether oxygens (including phenoxy) is 9. The summed E-state index contributed by atoms with van der Waals surface area (Å²) in [6.45, 7) is 8.31. The van der Waals surface area contributed by atoms with E-state index in [2.05, 4.69) is 38.8 Å². The second-order valence-corrected chi connectivity index (χ2v) is 25.0. The molecule has 5 unspecified atom stereocenters. The van der Waals surface area contributed by atoms with E-state index in [0.717, 1.165) is 11.1 Å². The Labute approximate surface area is 670 Å². The van der Waals surface area contributed by atoms with E-state index in [-0.39, 0.29) is 138 Å². The number of likely N-dealkylation sites (tertiary alicyclic amines) is 2. The molecular weight excluding hydrogens is 1610 g/mol. The van der Waals surface area contributed by atoms with Crippen LogP contribution in [0.3, 0.4) is 0 Å². The van der Waals surface area contributed by atoms with E-state index in [4.69, 9.17) is 69.1 Å². The average Bonchev–Trinajstić information content (AvgIpc) is 1.69. The predicted molar refractivity (Wildman–Crippen MR) is 386 cm³/mol. The summed E-state index contributed by atoms with van der Waals surface area (Å²) in [5, 5.41) is 41.7. The molecule has 2 aliphatic heterocycles. The van der Waals surface area contributed by atoms with Crippen molar-refractivity contribution in [2.45, 2.75) is 182 Å². The number of unbranched alkanes of at least 4 members (excludes halogenated alkanes) is 2. The van der Waals surface area contributed by atoms with E-state index in [1.165, 1.54) is 44.4 Å². The Morgan fingerprint density at radius 2 is 0.908 bits per heavy atom. The molecule has 0 spiro atoms. The number of hydrogen-bond donors (Lipinski definition) is 2. The van der Waals surface area contributed by atoms with E-state index in [9.17, 15) is 98.0 Å². The van der Waals surface area contributed by atoms with Crippen molar-refractivity contribution >= 4 is 48.3 Å². The Bertz CT molecular complexity index is 4500. The molecule has 0 aliphatic carbocycles. The molecule has 4 aromatic heterocycles. The summed E-state index contributed by atoms with van der Waals surface area (Å²) >= 11 is 0. The first-order valence-corrected chi connectivity index (χ1v) is 36.5. The molecule has 2 aromatic carbocycles. The maximum atomic E-state index is 12.5.